The van der Waals surface area contributed by atoms with Crippen LogP contribution in [-0.2, 0) is 30.3 Å². The van der Waals surface area contributed by atoms with Crippen LogP contribution in [0.3, 0.4) is 0 Å². The molecule has 202 valence electrons. The molecule has 9 heteroatoms. The molecule has 0 saturated carbocycles. The molecule has 4 N–H and O–H groups in total. The number of carboxylic acids is 1. The number of carbonyl (C=O) groups excluding carboxylic acids is 3. The Labute approximate surface area is 214 Å². The number of alkyl carbamates (subject to hydrolysis) is 1. The predicted molar refractivity (Wildman–Crippen MR) is 136 cm³/mol. The summed E-state index contributed by atoms with van der Waals surface area (Å²) in [6, 6.07) is 10.3. The summed E-state index contributed by atoms with van der Waals surface area (Å²) in [6.45, 7) is 6.55. The number of carbonyl (C=O) groups is 4. The maximum Gasteiger partial charge on any atom is 0.409 e. The van der Waals surface area contributed by atoms with Gasteiger partial charge >= 0.3 is 18.0 Å². The van der Waals surface area contributed by atoms with Crippen LogP contribution in [0.4, 0.5) is 4.79 Å². The summed E-state index contributed by atoms with van der Waals surface area (Å²) in [4.78, 5) is 49.1. The number of amides is 2. The number of primary amides is 1. The average Bonchev–Trinajstić information content (AvgIpc) is 2.76. The van der Waals surface area contributed by atoms with Crippen LogP contribution in [0.2, 0.25) is 0 Å². The molecule has 1 rings (SSSR count). The van der Waals surface area contributed by atoms with Crippen LogP contribution in [-0.4, -0.2) is 46.3 Å². The number of aliphatic carboxylic acids is 1. The normalized spacial score (nSPS) is 13.8. The lowest BCUT2D eigenvalue weighted by Crippen LogP contribution is -2.62. The molecule has 0 saturated heterocycles. The van der Waals surface area contributed by atoms with Crippen LogP contribution in [0.1, 0.15) is 91.0 Å². The van der Waals surface area contributed by atoms with Gasteiger partial charge in [0.1, 0.15) is 11.7 Å². The second-order valence-electron chi connectivity index (χ2n) is 10.1. The molecule has 0 aliphatic rings. The summed E-state index contributed by atoms with van der Waals surface area (Å²) >= 11 is 0. The van der Waals surface area contributed by atoms with Gasteiger partial charge in [-0.2, -0.15) is 0 Å². The lowest BCUT2D eigenvalue weighted by Gasteiger charge is -2.31. The standard InChI is InChI=1S/C27H42N2O7/c1-5-18-27(23(31)32,29-25(34)36-26(2,3)4)24(33)35-21(19-22(28)30)17-13-8-6-7-10-14-20-15-11-9-12-16-20/h9,11-12,15-16,21H,5-8,10,13-14,17-19H2,1-4H3,(H2,28,30)(H,29,34)(H,31,32)/t21-,27-/m0/s1. The number of nitrogens with one attached hydrogen (secondary N) is 1. The Hall–Kier alpha value is -3.10. The first-order valence-electron chi connectivity index (χ1n) is 12.7. The molecule has 0 aromatic heterocycles. The maximum atomic E-state index is 13.1. The van der Waals surface area contributed by atoms with E-state index in [1.165, 1.54) is 5.56 Å². The fourth-order valence-corrected chi connectivity index (χ4v) is 3.87. The monoisotopic (exact) mass is 506 g/mol. The van der Waals surface area contributed by atoms with Crippen molar-refractivity contribution in [2.75, 3.05) is 0 Å². The first kappa shape index (κ1) is 30.9. The second kappa shape index (κ2) is 15.1. The quantitative estimate of drug-likeness (QED) is 0.170. The topological polar surface area (TPSA) is 145 Å². The second-order valence-corrected chi connectivity index (χ2v) is 10.1. The third-order valence-corrected chi connectivity index (χ3v) is 5.59. The highest BCUT2D eigenvalue weighted by Crippen LogP contribution is 2.22. The molecule has 1 aromatic carbocycles. The van der Waals surface area contributed by atoms with Crippen molar-refractivity contribution >= 4 is 23.9 Å². The number of carboxylic acid groups (broad SMARTS) is 1. The first-order chi connectivity index (χ1) is 16.9. The van der Waals surface area contributed by atoms with Crippen molar-refractivity contribution in [3.63, 3.8) is 0 Å². The number of hydrogen-bond acceptors (Lipinski definition) is 6. The maximum absolute atomic E-state index is 13.1. The van der Waals surface area contributed by atoms with Gasteiger partial charge in [0.05, 0.1) is 6.42 Å². The Morgan fingerprint density at radius 1 is 1.00 bits per heavy atom. The van der Waals surface area contributed by atoms with Gasteiger partial charge in [-0.3, -0.25) is 10.1 Å². The molecule has 0 aliphatic carbocycles. The van der Waals surface area contributed by atoms with Gasteiger partial charge in [-0.15, -0.1) is 0 Å². The van der Waals surface area contributed by atoms with E-state index >= 15 is 0 Å². The van der Waals surface area contributed by atoms with Crippen molar-refractivity contribution in [2.24, 2.45) is 5.73 Å². The predicted octanol–water partition coefficient (Wildman–Crippen LogP) is 4.51. The van der Waals surface area contributed by atoms with E-state index in [0.717, 1.165) is 32.1 Å². The van der Waals surface area contributed by atoms with Crippen molar-refractivity contribution in [1.29, 1.82) is 0 Å². The number of benzene rings is 1. The first-order valence-corrected chi connectivity index (χ1v) is 12.7. The van der Waals surface area contributed by atoms with Crippen LogP contribution >= 0.6 is 0 Å². The summed E-state index contributed by atoms with van der Waals surface area (Å²) in [5.41, 5.74) is 3.42. The summed E-state index contributed by atoms with van der Waals surface area (Å²) < 4.78 is 10.6. The summed E-state index contributed by atoms with van der Waals surface area (Å²) in [5, 5.41) is 12.1. The summed E-state index contributed by atoms with van der Waals surface area (Å²) in [7, 11) is 0. The van der Waals surface area contributed by atoms with Crippen LogP contribution in [0, 0.1) is 0 Å². The van der Waals surface area contributed by atoms with Crippen molar-refractivity contribution in [3.05, 3.63) is 35.9 Å². The molecule has 0 aliphatic heterocycles. The van der Waals surface area contributed by atoms with Gasteiger partial charge < -0.3 is 20.3 Å². The zero-order valence-electron chi connectivity index (χ0n) is 22.0. The minimum Gasteiger partial charge on any atom is -0.479 e. The molecule has 2 amide bonds. The summed E-state index contributed by atoms with van der Waals surface area (Å²) in [5.74, 6) is -3.36. The SMILES string of the molecule is CCC[C@](NC(=O)OC(C)(C)C)(C(=O)O)C(=O)O[C@@H](CCCCCCCc1ccccc1)CC(N)=O. The number of nitrogens with two attached hydrogens (primary N) is 1. The zero-order chi connectivity index (χ0) is 27.2. The molecule has 0 unspecified atom stereocenters. The lowest BCUT2D eigenvalue weighted by atomic mass is 9.93. The van der Waals surface area contributed by atoms with Gasteiger partial charge in [-0.1, -0.05) is 62.9 Å². The van der Waals surface area contributed by atoms with Crippen molar-refractivity contribution < 1.29 is 33.8 Å². The highest BCUT2D eigenvalue weighted by atomic mass is 16.6. The Balaban J connectivity index is 2.71. The van der Waals surface area contributed by atoms with Crippen LogP contribution < -0.4 is 11.1 Å². The smallest absolute Gasteiger partial charge is 0.409 e. The van der Waals surface area contributed by atoms with E-state index in [1.807, 2.05) is 18.2 Å². The number of ether oxygens (including phenoxy) is 2. The van der Waals surface area contributed by atoms with Crippen LogP contribution in [0.25, 0.3) is 0 Å². The number of rotatable bonds is 16. The Morgan fingerprint density at radius 2 is 1.61 bits per heavy atom. The third-order valence-electron chi connectivity index (χ3n) is 5.59. The molecular formula is C27H42N2O7. The van der Waals surface area contributed by atoms with Gasteiger partial charge in [-0.05, 0) is 58.4 Å². The Morgan fingerprint density at radius 3 is 2.17 bits per heavy atom. The molecule has 0 bridgehead atoms. The highest BCUT2D eigenvalue weighted by Gasteiger charge is 2.50. The van der Waals surface area contributed by atoms with E-state index in [4.69, 9.17) is 15.2 Å². The van der Waals surface area contributed by atoms with Gasteiger partial charge in [-0.25, -0.2) is 14.4 Å². The zero-order valence-corrected chi connectivity index (χ0v) is 22.0. The fourth-order valence-electron chi connectivity index (χ4n) is 3.87. The lowest BCUT2D eigenvalue weighted by molar-refractivity contribution is -0.168. The number of aryl methyl sites for hydroxylation is 1. The van der Waals surface area contributed by atoms with Crippen molar-refractivity contribution in [1.82, 2.24) is 5.32 Å². The molecule has 0 fully saturated rings. The van der Waals surface area contributed by atoms with Crippen LogP contribution in [0.15, 0.2) is 30.3 Å². The minimum absolute atomic E-state index is 0.203. The molecule has 36 heavy (non-hydrogen) atoms. The molecule has 0 spiro atoms. The van der Waals surface area contributed by atoms with Gasteiger partial charge in [0.15, 0.2) is 0 Å². The van der Waals surface area contributed by atoms with Crippen molar-refractivity contribution in [2.45, 2.75) is 109 Å². The highest BCUT2D eigenvalue weighted by molar-refractivity contribution is 6.06. The third kappa shape index (κ3) is 11.6. The van der Waals surface area contributed by atoms with E-state index < -0.39 is 41.2 Å². The molecule has 1 aromatic rings. The van der Waals surface area contributed by atoms with E-state index in [1.54, 1.807) is 27.7 Å². The van der Waals surface area contributed by atoms with Gasteiger partial charge in [0, 0.05) is 0 Å². The van der Waals surface area contributed by atoms with E-state index in [-0.39, 0.29) is 19.3 Å². The molecule has 2 atom stereocenters. The van der Waals surface area contributed by atoms with Crippen molar-refractivity contribution in [3.8, 4) is 0 Å². The molecular weight excluding hydrogens is 464 g/mol. The van der Waals surface area contributed by atoms with Gasteiger partial charge in [0.25, 0.3) is 0 Å². The molecule has 9 nitrogen and oxygen atoms in total. The Kier molecular flexibility index (Phi) is 13.0. The average molecular weight is 507 g/mol. The Bertz CT molecular complexity index is 851. The largest absolute Gasteiger partial charge is 0.479 e. The van der Waals surface area contributed by atoms with Gasteiger partial charge in [0.2, 0.25) is 11.4 Å². The molecule has 0 radical (unpaired) electrons. The van der Waals surface area contributed by atoms with E-state index in [2.05, 4.69) is 17.4 Å². The van der Waals surface area contributed by atoms with E-state index in [0.29, 0.717) is 12.8 Å². The van der Waals surface area contributed by atoms with Crippen LogP contribution in [0.5, 0.6) is 0 Å². The van der Waals surface area contributed by atoms with E-state index in [9.17, 15) is 24.3 Å². The number of hydrogen-bond donors (Lipinski definition) is 3. The fraction of sp³-hybridized carbons (Fsp3) is 0.630. The number of esters is 1. The minimum atomic E-state index is -2.33. The molecule has 0 heterocycles. The number of unbranched alkanes of at least 4 members (excludes halogenated alkanes) is 4. The summed E-state index contributed by atoms with van der Waals surface area (Å²) in [6.07, 6.45) is 3.96.